The second-order valence-corrected chi connectivity index (χ2v) is 9.14. The van der Waals surface area contributed by atoms with Gasteiger partial charge in [-0.05, 0) is 74.6 Å². The number of nitrogens with one attached hydrogen (secondary N) is 1. The molecule has 1 saturated heterocycles. The molecule has 0 radical (unpaired) electrons. The zero-order valence-electron chi connectivity index (χ0n) is 19.8. The Labute approximate surface area is 199 Å². The minimum atomic E-state index is -0.923. The van der Waals surface area contributed by atoms with E-state index in [-0.39, 0.29) is 30.4 Å². The van der Waals surface area contributed by atoms with Crippen molar-refractivity contribution in [3.63, 3.8) is 0 Å². The summed E-state index contributed by atoms with van der Waals surface area (Å²) in [5, 5.41) is 3.45. The van der Waals surface area contributed by atoms with Gasteiger partial charge in [0.15, 0.2) is 11.5 Å². The molecule has 2 atom stereocenters. The molecule has 0 bridgehead atoms. The fourth-order valence-electron chi connectivity index (χ4n) is 5.40. The van der Waals surface area contributed by atoms with Crippen molar-refractivity contribution in [2.24, 2.45) is 5.92 Å². The van der Waals surface area contributed by atoms with Gasteiger partial charge in [0.25, 0.3) is 0 Å². The molecule has 3 aliphatic rings. The summed E-state index contributed by atoms with van der Waals surface area (Å²) in [4.78, 5) is 13.1. The number of benzene rings is 2. The number of carbonyl (C=O) groups is 1. The van der Waals surface area contributed by atoms with Crippen molar-refractivity contribution in [3.05, 3.63) is 64.5 Å². The van der Waals surface area contributed by atoms with E-state index in [0.29, 0.717) is 30.5 Å². The lowest BCUT2D eigenvalue weighted by molar-refractivity contribution is -0.145. The van der Waals surface area contributed by atoms with Crippen molar-refractivity contribution >= 4 is 5.97 Å². The van der Waals surface area contributed by atoms with Crippen LogP contribution in [0.3, 0.4) is 0 Å². The summed E-state index contributed by atoms with van der Waals surface area (Å²) in [5.41, 5.74) is 2.86. The highest BCUT2D eigenvalue weighted by atomic mass is 19.1. The van der Waals surface area contributed by atoms with Crippen LogP contribution in [-0.2, 0) is 14.9 Å². The molecule has 6 nitrogen and oxygen atoms in total. The van der Waals surface area contributed by atoms with E-state index < -0.39 is 5.41 Å². The molecule has 180 valence electrons. The van der Waals surface area contributed by atoms with Crippen molar-refractivity contribution in [1.82, 2.24) is 5.32 Å². The zero-order chi connectivity index (χ0) is 23.9. The molecule has 2 aromatic rings. The first-order valence-corrected chi connectivity index (χ1v) is 11.9. The number of esters is 1. The van der Waals surface area contributed by atoms with Gasteiger partial charge in [-0.15, -0.1) is 0 Å². The van der Waals surface area contributed by atoms with Crippen molar-refractivity contribution in [2.45, 2.75) is 38.5 Å². The largest absolute Gasteiger partial charge is 0.493 e. The standard InChI is InChI=1S/C27H30FNO5/c1-4-31-26(30)27(16(2)17(27)3)22-11-24-25(34-15-33-24)12-23(22)32-14-19-13-29-10-9-21(19)18-5-7-20(28)8-6-18/h5-8,11-12,19,21,29H,4,9-10,13-15H2,1-3H3/t19-,21-/m0/s1. The molecule has 7 heteroatoms. The number of rotatable bonds is 7. The van der Waals surface area contributed by atoms with E-state index in [1.165, 1.54) is 12.1 Å². The van der Waals surface area contributed by atoms with Crippen molar-refractivity contribution in [1.29, 1.82) is 0 Å². The van der Waals surface area contributed by atoms with Gasteiger partial charge in [-0.1, -0.05) is 12.1 Å². The monoisotopic (exact) mass is 467 g/mol. The van der Waals surface area contributed by atoms with E-state index in [4.69, 9.17) is 18.9 Å². The Bertz CT molecular complexity index is 1110. The molecule has 0 spiro atoms. The Morgan fingerprint density at radius 2 is 1.85 bits per heavy atom. The summed E-state index contributed by atoms with van der Waals surface area (Å²) in [7, 11) is 0. The second-order valence-electron chi connectivity index (χ2n) is 9.14. The molecule has 0 saturated carbocycles. The Morgan fingerprint density at radius 3 is 2.53 bits per heavy atom. The minimum absolute atomic E-state index is 0.134. The topological polar surface area (TPSA) is 66.0 Å². The Hall–Kier alpha value is -3.06. The molecule has 0 amide bonds. The lowest BCUT2D eigenvalue weighted by atomic mass is 9.81. The SMILES string of the molecule is CCOC(=O)C1(c2cc3c(cc2OC[C@@H]2CNCC[C@H]2c2ccc(F)cc2)OCO3)C(C)=C1C. The van der Waals surface area contributed by atoms with Gasteiger partial charge in [0, 0.05) is 24.1 Å². The number of carbonyl (C=O) groups excluding carboxylic acids is 1. The molecule has 2 aliphatic heterocycles. The van der Waals surface area contributed by atoms with Crippen molar-refractivity contribution < 1.29 is 28.1 Å². The highest BCUT2D eigenvalue weighted by molar-refractivity contribution is 5.99. The molecule has 0 unspecified atom stereocenters. The third kappa shape index (κ3) is 3.72. The van der Waals surface area contributed by atoms with Crippen LogP contribution in [0.5, 0.6) is 17.2 Å². The second kappa shape index (κ2) is 8.95. The normalized spacial score (nSPS) is 22.5. The summed E-state index contributed by atoms with van der Waals surface area (Å²) in [6, 6.07) is 10.4. The first-order chi connectivity index (χ1) is 16.5. The predicted octanol–water partition coefficient (Wildman–Crippen LogP) is 4.48. The third-order valence-corrected chi connectivity index (χ3v) is 7.44. The first-order valence-electron chi connectivity index (χ1n) is 11.9. The highest BCUT2D eigenvalue weighted by Gasteiger charge is 2.59. The average molecular weight is 468 g/mol. The van der Waals surface area contributed by atoms with Crippen LogP contribution < -0.4 is 19.5 Å². The summed E-state index contributed by atoms with van der Waals surface area (Å²) >= 11 is 0. The molecule has 1 N–H and O–H groups in total. The van der Waals surface area contributed by atoms with Crippen molar-refractivity contribution in [3.8, 4) is 17.2 Å². The third-order valence-electron chi connectivity index (χ3n) is 7.44. The number of hydrogen-bond donors (Lipinski definition) is 1. The summed E-state index contributed by atoms with van der Waals surface area (Å²) in [6.45, 7) is 8.29. The van der Waals surface area contributed by atoms with Crippen LogP contribution in [0, 0.1) is 11.7 Å². The van der Waals surface area contributed by atoms with Crippen LogP contribution in [0.2, 0.25) is 0 Å². The predicted molar refractivity (Wildman–Crippen MR) is 125 cm³/mol. The average Bonchev–Trinajstić information content (AvgIpc) is 3.16. The molecular formula is C27H30FNO5. The van der Waals surface area contributed by atoms with Gasteiger partial charge in [-0.3, -0.25) is 4.79 Å². The van der Waals surface area contributed by atoms with Crippen LogP contribution >= 0.6 is 0 Å². The van der Waals surface area contributed by atoms with Crippen LogP contribution in [-0.4, -0.2) is 39.1 Å². The maximum Gasteiger partial charge on any atom is 0.325 e. The van der Waals surface area contributed by atoms with Gasteiger partial charge >= 0.3 is 5.97 Å². The van der Waals surface area contributed by atoms with E-state index in [0.717, 1.165) is 41.8 Å². The van der Waals surface area contributed by atoms with Crippen LogP contribution in [0.1, 0.15) is 44.2 Å². The number of halogens is 1. The number of hydrogen-bond acceptors (Lipinski definition) is 6. The molecule has 5 rings (SSSR count). The summed E-state index contributed by atoms with van der Waals surface area (Å²) < 4.78 is 36.6. The molecular weight excluding hydrogens is 437 g/mol. The summed E-state index contributed by atoms with van der Waals surface area (Å²) in [5.74, 6) is 1.70. The van der Waals surface area contributed by atoms with Crippen molar-refractivity contribution in [2.75, 3.05) is 33.1 Å². The van der Waals surface area contributed by atoms with E-state index in [9.17, 15) is 9.18 Å². The van der Waals surface area contributed by atoms with Crippen LogP contribution in [0.15, 0.2) is 47.5 Å². The summed E-state index contributed by atoms with van der Waals surface area (Å²) in [6.07, 6.45) is 0.945. The van der Waals surface area contributed by atoms with E-state index in [2.05, 4.69) is 5.32 Å². The lowest BCUT2D eigenvalue weighted by Gasteiger charge is -2.33. The van der Waals surface area contributed by atoms with E-state index in [1.807, 2.05) is 38.1 Å². The first kappa shape index (κ1) is 22.7. The van der Waals surface area contributed by atoms with Gasteiger partial charge in [-0.2, -0.15) is 0 Å². The quantitative estimate of drug-likeness (QED) is 0.479. The van der Waals surface area contributed by atoms with E-state index in [1.54, 1.807) is 6.92 Å². The highest BCUT2D eigenvalue weighted by Crippen LogP contribution is 2.59. The van der Waals surface area contributed by atoms with E-state index >= 15 is 0 Å². The smallest absolute Gasteiger partial charge is 0.325 e. The number of fused-ring (bicyclic) bond motifs is 1. The number of piperidine rings is 1. The lowest BCUT2D eigenvalue weighted by Crippen LogP contribution is -2.38. The zero-order valence-corrected chi connectivity index (χ0v) is 19.8. The molecule has 2 heterocycles. The van der Waals surface area contributed by atoms with Gasteiger partial charge < -0.3 is 24.3 Å². The minimum Gasteiger partial charge on any atom is -0.493 e. The maximum atomic E-state index is 13.5. The maximum absolute atomic E-state index is 13.5. The Morgan fingerprint density at radius 1 is 1.15 bits per heavy atom. The molecule has 34 heavy (non-hydrogen) atoms. The van der Waals surface area contributed by atoms with Crippen LogP contribution in [0.25, 0.3) is 0 Å². The van der Waals surface area contributed by atoms with Gasteiger partial charge in [0.2, 0.25) is 6.79 Å². The van der Waals surface area contributed by atoms with Gasteiger partial charge in [0.1, 0.15) is 17.0 Å². The van der Waals surface area contributed by atoms with Gasteiger partial charge in [0.05, 0.1) is 13.2 Å². The fraction of sp³-hybridized carbons (Fsp3) is 0.444. The molecule has 0 aromatic heterocycles. The Balaban J connectivity index is 1.45. The molecule has 2 aromatic carbocycles. The number of ether oxygens (including phenoxy) is 4. The van der Waals surface area contributed by atoms with Gasteiger partial charge in [-0.25, -0.2) is 4.39 Å². The van der Waals surface area contributed by atoms with Crippen LogP contribution in [0.4, 0.5) is 4.39 Å². The molecule has 1 aliphatic carbocycles. The Kier molecular flexibility index (Phi) is 5.98. The molecule has 1 fully saturated rings. The fourth-order valence-corrected chi connectivity index (χ4v) is 5.40.